The molecule has 0 radical (unpaired) electrons. The van der Waals surface area contributed by atoms with Gasteiger partial charge in [-0.25, -0.2) is 4.79 Å². The van der Waals surface area contributed by atoms with E-state index in [1.807, 2.05) is 6.07 Å². The highest BCUT2D eigenvalue weighted by molar-refractivity contribution is 6.29. The molecule has 0 aliphatic carbocycles. The number of aryl methyl sites for hydroxylation is 1. The Bertz CT molecular complexity index is 1010. The average Bonchev–Trinajstić information content (AvgIpc) is 3.16. The van der Waals surface area contributed by atoms with Gasteiger partial charge in [-0.3, -0.25) is 14.3 Å². The van der Waals surface area contributed by atoms with E-state index >= 15 is 0 Å². The molecular weight excluding hydrogens is 334 g/mol. The fraction of sp³-hybridized carbons (Fsp3) is 0.267. The summed E-state index contributed by atoms with van der Waals surface area (Å²) in [6, 6.07) is 3.61. The van der Waals surface area contributed by atoms with E-state index < -0.39 is 11.2 Å². The molecular formula is C15H16ClN5O3. The van der Waals surface area contributed by atoms with Gasteiger partial charge in [-0.15, -0.1) is 0 Å². The van der Waals surface area contributed by atoms with Crippen LogP contribution in [0.15, 0.2) is 43.5 Å². The number of fused-ring (bicyclic) bond motifs is 1. The molecule has 24 heavy (non-hydrogen) atoms. The Labute approximate surface area is 141 Å². The van der Waals surface area contributed by atoms with Gasteiger partial charge in [0, 0.05) is 18.6 Å². The summed E-state index contributed by atoms with van der Waals surface area (Å²) in [6.07, 6.45) is 3.33. The third-order valence-corrected chi connectivity index (χ3v) is 3.72. The number of hydrogen-bond donors (Lipinski definition) is 2. The standard InChI is InChI=1S/C15H16ClN5O3/c1-9(16)5-6-21-11-12(20(2)15(23)19-13(11)22)18-14(21)17-8-10-4-3-7-24-10/h3-5,7H,6,8H2,1-2H3,(H,17,18)(H,19,22,23)/b9-5+. The van der Waals surface area contributed by atoms with Gasteiger partial charge in [0.15, 0.2) is 11.2 Å². The van der Waals surface area contributed by atoms with Crippen LogP contribution in [-0.4, -0.2) is 19.1 Å². The SMILES string of the molecule is C/C(Cl)=C\Cn1c(NCc2ccco2)nc2c1c(=O)[nH]c(=O)n2C. The molecule has 0 amide bonds. The van der Waals surface area contributed by atoms with E-state index in [1.165, 1.54) is 4.57 Å². The van der Waals surface area contributed by atoms with Crippen LogP contribution in [0.4, 0.5) is 5.95 Å². The van der Waals surface area contributed by atoms with E-state index in [4.69, 9.17) is 16.0 Å². The summed E-state index contributed by atoms with van der Waals surface area (Å²) in [4.78, 5) is 30.7. The Morgan fingerprint density at radius 2 is 2.29 bits per heavy atom. The van der Waals surface area contributed by atoms with Crippen molar-refractivity contribution in [2.75, 3.05) is 5.32 Å². The van der Waals surface area contributed by atoms with E-state index in [-0.39, 0.29) is 0 Å². The van der Waals surface area contributed by atoms with Crippen LogP contribution in [0.5, 0.6) is 0 Å². The van der Waals surface area contributed by atoms with Gasteiger partial charge in [-0.1, -0.05) is 17.7 Å². The molecule has 0 unspecified atom stereocenters. The normalized spacial score (nSPS) is 12.0. The molecule has 0 saturated carbocycles. The molecule has 0 saturated heterocycles. The number of aromatic nitrogens is 4. The van der Waals surface area contributed by atoms with Gasteiger partial charge in [-0.2, -0.15) is 4.98 Å². The molecule has 9 heteroatoms. The molecule has 126 valence electrons. The fourth-order valence-corrected chi connectivity index (χ4v) is 2.41. The molecule has 3 aromatic rings. The van der Waals surface area contributed by atoms with Gasteiger partial charge in [0.05, 0.1) is 12.8 Å². The van der Waals surface area contributed by atoms with Crippen LogP contribution in [0.25, 0.3) is 11.2 Å². The molecule has 0 spiro atoms. The number of anilines is 1. The van der Waals surface area contributed by atoms with Crippen molar-refractivity contribution in [3.05, 3.63) is 56.1 Å². The van der Waals surface area contributed by atoms with Crippen LogP contribution in [0.1, 0.15) is 12.7 Å². The molecule has 2 N–H and O–H groups in total. The summed E-state index contributed by atoms with van der Waals surface area (Å²) in [5, 5.41) is 3.71. The van der Waals surface area contributed by atoms with Crippen molar-refractivity contribution >= 4 is 28.7 Å². The molecule has 0 bridgehead atoms. The average molecular weight is 350 g/mol. The highest BCUT2D eigenvalue weighted by Gasteiger charge is 2.16. The van der Waals surface area contributed by atoms with Gasteiger partial charge in [0.1, 0.15) is 5.76 Å². The van der Waals surface area contributed by atoms with Gasteiger partial charge in [-0.05, 0) is 19.1 Å². The monoisotopic (exact) mass is 349 g/mol. The number of rotatable bonds is 5. The lowest BCUT2D eigenvalue weighted by atomic mass is 10.4. The van der Waals surface area contributed by atoms with Crippen molar-refractivity contribution in [3.8, 4) is 0 Å². The summed E-state index contributed by atoms with van der Waals surface area (Å²) >= 11 is 5.90. The first kappa shape index (κ1) is 16.1. The van der Waals surface area contributed by atoms with Gasteiger partial charge < -0.3 is 14.3 Å². The summed E-state index contributed by atoms with van der Waals surface area (Å²) in [7, 11) is 1.55. The summed E-state index contributed by atoms with van der Waals surface area (Å²) < 4.78 is 8.24. The van der Waals surface area contributed by atoms with Crippen molar-refractivity contribution in [1.82, 2.24) is 19.1 Å². The summed E-state index contributed by atoms with van der Waals surface area (Å²) in [5.74, 6) is 1.17. The van der Waals surface area contributed by atoms with Gasteiger partial charge in [0.25, 0.3) is 5.56 Å². The molecule has 3 aromatic heterocycles. The first-order chi connectivity index (χ1) is 11.5. The summed E-state index contributed by atoms with van der Waals surface area (Å²) in [5.41, 5.74) is -0.411. The maximum atomic E-state index is 12.2. The third-order valence-electron chi connectivity index (χ3n) is 3.56. The van der Waals surface area contributed by atoms with Gasteiger partial charge >= 0.3 is 5.69 Å². The highest BCUT2D eigenvalue weighted by atomic mass is 35.5. The predicted octanol–water partition coefficient (Wildman–Crippen LogP) is 1.77. The largest absolute Gasteiger partial charge is 0.467 e. The number of nitrogens with zero attached hydrogens (tertiary/aromatic N) is 3. The Kier molecular flexibility index (Phi) is 4.30. The minimum atomic E-state index is -0.515. The smallest absolute Gasteiger partial charge is 0.329 e. The lowest BCUT2D eigenvalue weighted by Crippen LogP contribution is -2.29. The van der Waals surface area contributed by atoms with Crippen LogP contribution >= 0.6 is 11.6 Å². The van der Waals surface area contributed by atoms with Gasteiger partial charge in [0.2, 0.25) is 5.95 Å². The highest BCUT2D eigenvalue weighted by Crippen LogP contribution is 2.17. The second kappa shape index (κ2) is 6.40. The van der Waals surface area contributed by atoms with Crippen LogP contribution in [-0.2, 0) is 20.1 Å². The van der Waals surface area contributed by atoms with E-state index in [1.54, 1.807) is 36.9 Å². The number of nitrogens with one attached hydrogen (secondary N) is 2. The molecule has 0 aliphatic heterocycles. The molecule has 8 nitrogen and oxygen atoms in total. The molecule has 0 atom stereocenters. The topological polar surface area (TPSA) is 97.8 Å². The first-order valence-corrected chi connectivity index (χ1v) is 7.63. The van der Waals surface area contributed by atoms with Crippen molar-refractivity contribution < 1.29 is 4.42 Å². The predicted molar refractivity (Wildman–Crippen MR) is 91.2 cm³/mol. The van der Waals surface area contributed by atoms with Crippen molar-refractivity contribution in [3.63, 3.8) is 0 Å². The fourth-order valence-electron chi connectivity index (χ4n) is 2.34. The quantitative estimate of drug-likeness (QED) is 0.731. The van der Waals surface area contributed by atoms with Crippen molar-refractivity contribution in [1.29, 1.82) is 0 Å². The van der Waals surface area contributed by atoms with E-state index in [2.05, 4.69) is 15.3 Å². The first-order valence-electron chi connectivity index (χ1n) is 7.25. The zero-order valence-corrected chi connectivity index (χ0v) is 13.9. The maximum absolute atomic E-state index is 12.2. The van der Waals surface area contributed by atoms with Crippen LogP contribution in [0.2, 0.25) is 0 Å². The van der Waals surface area contributed by atoms with Crippen molar-refractivity contribution in [2.45, 2.75) is 20.0 Å². The number of hydrogen-bond acceptors (Lipinski definition) is 5. The van der Waals surface area contributed by atoms with E-state index in [0.717, 1.165) is 5.76 Å². The zero-order chi connectivity index (χ0) is 17.3. The molecule has 0 fully saturated rings. The lowest BCUT2D eigenvalue weighted by Gasteiger charge is -2.07. The van der Waals surface area contributed by atoms with Crippen LogP contribution < -0.4 is 16.6 Å². The molecule has 3 heterocycles. The number of imidazole rings is 1. The Hall–Kier alpha value is -2.74. The number of halogens is 1. The Balaban J connectivity index is 2.12. The minimum absolute atomic E-state index is 0.298. The van der Waals surface area contributed by atoms with E-state index in [9.17, 15) is 9.59 Å². The Morgan fingerprint density at radius 3 is 2.96 bits per heavy atom. The maximum Gasteiger partial charge on any atom is 0.329 e. The van der Waals surface area contributed by atoms with Crippen molar-refractivity contribution in [2.24, 2.45) is 7.05 Å². The zero-order valence-electron chi connectivity index (χ0n) is 13.2. The number of allylic oxidation sites excluding steroid dienone is 2. The molecule has 0 aliphatic rings. The third kappa shape index (κ3) is 3.00. The Morgan fingerprint density at radius 1 is 1.50 bits per heavy atom. The second-order valence-corrected chi connectivity index (χ2v) is 5.86. The molecule has 3 rings (SSSR count). The second-order valence-electron chi connectivity index (χ2n) is 5.26. The van der Waals surface area contributed by atoms with Crippen LogP contribution in [0, 0.1) is 0 Å². The van der Waals surface area contributed by atoms with E-state index in [0.29, 0.717) is 35.2 Å². The number of H-pyrrole nitrogens is 1. The molecule has 0 aromatic carbocycles. The minimum Gasteiger partial charge on any atom is -0.467 e. The van der Waals surface area contributed by atoms with Crippen LogP contribution in [0.3, 0.4) is 0 Å². The summed E-state index contributed by atoms with van der Waals surface area (Å²) in [6.45, 7) is 2.48. The lowest BCUT2D eigenvalue weighted by molar-refractivity contribution is 0.517. The number of aromatic amines is 1. The number of furan rings is 1.